The molecule has 0 N–H and O–H groups in total. The minimum Gasteiger partial charge on any atom is -0.273 e. The molecule has 30 heavy (non-hydrogen) atoms. The molecule has 0 aliphatic carbocycles. The predicted molar refractivity (Wildman–Crippen MR) is 110 cm³/mol. The molecule has 2 aliphatic rings. The summed E-state index contributed by atoms with van der Waals surface area (Å²) < 4.78 is 13.3. The number of hydroxylamine groups is 1. The van der Waals surface area contributed by atoms with Crippen molar-refractivity contribution in [3.8, 4) is 0 Å². The second kappa shape index (κ2) is 7.23. The Morgan fingerprint density at radius 2 is 1.57 bits per heavy atom. The molecule has 3 atom stereocenters. The van der Waals surface area contributed by atoms with Crippen LogP contribution in [0.1, 0.15) is 11.6 Å². The highest BCUT2D eigenvalue weighted by atomic mass is 35.5. The molecular weight excluding hydrogens is 407 g/mol. The van der Waals surface area contributed by atoms with Crippen LogP contribution in [0.15, 0.2) is 78.9 Å². The van der Waals surface area contributed by atoms with E-state index in [9.17, 15) is 14.0 Å². The third kappa shape index (κ3) is 2.96. The monoisotopic (exact) mass is 422 g/mol. The van der Waals surface area contributed by atoms with Crippen LogP contribution in [0.2, 0.25) is 5.02 Å². The van der Waals surface area contributed by atoms with Gasteiger partial charge in [-0.3, -0.25) is 14.4 Å². The number of carbonyl (C=O) groups excluding carboxylic acids is 2. The fraction of sp³-hybridized carbons (Fsp3) is 0.130. The number of hydrogen-bond acceptors (Lipinski definition) is 4. The van der Waals surface area contributed by atoms with Gasteiger partial charge in [0.15, 0.2) is 6.10 Å². The number of nitrogens with zero attached hydrogens (tertiary/aromatic N) is 2. The molecule has 3 aromatic rings. The number of hydrogen-bond donors (Lipinski definition) is 0. The molecular formula is C23H16ClFN2O3. The molecule has 5 rings (SSSR count). The number of benzene rings is 3. The van der Waals surface area contributed by atoms with E-state index in [4.69, 9.17) is 16.4 Å². The first-order valence-corrected chi connectivity index (χ1v) is 9.82. The minimum atomic E-state index is -0.980. The Labute approximate surface area is 177 Å². The highest BCUT2D eigenvalue weighted by Gasteiger charge is 2.60. The summed E-state index contributed by atoms with van der Waals surface area (Å²) in [6, 6.07) is 21.2. The Balaban J connectivity index is 1.59. The van der Waals surface area contributed by atoms with Gasteiger partial charge in [0.1, 0.15) is 11.7 Å². The van der Waals surface area contributed by atoms with Gasteiger partial charge in [0.05, 0.1) is 17.4 Å². The molecule has 0 unspecified atom stereocenters. The Bertz CT molecular complexity index is 1120. The number of halogens is 2. The third-order valence-corrected chi connectivity index (χ3v) is 5.64. The van der Waals surface area contributed by atoms with Gasteiger partial charge in [0.25, 0.3) is 5.91 Å². The molecule has 5 nitrogen and oxygen atoms in total. The standard InChI is InChI=1S/C23H16ClFN2O3/c24-15-6-4-5-14(13-15)20-19-21(30-27(20)18-7-2-1-3-8-18)23(29)26(22(19)28)17-11-9-16(25)10-12-17/h1-13,19-21H/t19-,20+,21+/m1/s1. The largest absolute Gasteiger partial charge is 0.273 e. The zero-order valence-electron chi connectivity index (χ0n) is 15.6. The molecule has 2 amide bonds. The lowest BCUT2D eigenvalue weighted by molar-refractivity contribution is -0.126. The maximum Gasteiger partial charge on any atom is 0.266 e. The van der Waals surface area contributed by atoms with Crippen molar-refractivity contribution in [2.45, 2.75) is 12.1 Å². The van der Waals surface area contributed by atoms with Crippen molar-refractivity contribution in [1.29, 1.82) is 0 Å². The SMILES string of the molecule is O=C1[C@H]2[C@H](ON(c3ccccc3)[C@H]2c2cccc(Cl)c2)C(=O)N1c1ccc(F)cc1. The lowest BCUT2D eigenvalue weighted by atomic mass is 9.90. The summed E-state index contributed by atoms with van der Waals surface area (Å²) in [4.78, 5) is 33.7. The molecule has 0 bridgehead atoms. The minimum absolute atomic E-state index is 0.320. The second-order valence-corrected chi connectivity index (χ2v) is 7.64. The summed E-state index contributed by atoms with van der Waals surface area (Å²) in [5.41, 5.74) is 1.81. The van der Waals surface area contributed by atoms with E-state index in [0.29, 0.717) is 10.7 Å². The normalized spacial score (nSPS) is 23.2. The highest BCUT2D eigenvalue weighted by Crippen LogP contribution is 2.47. The van der Waals surface area contributed by atoms with Crippen LogP contribution in [0, 0.1) is 11.7 Å². The average Bonchev–Trinajstić information content (AvgIpc) is 3.26. The fourth-order valence-electron chi connectivity index (χ4n) is 4.09. The quantitative estimate of drug-likeness (QED) is 0.582. The lowest BCUT2D eigenvalue weighted by Gasteiger charge is -2.28. The van der Waals surface area contributed by atoms with Crippen LogP contribution in [0.25, 0.3) is 0 Å². The molecule has 0 saturated carbocycles. The first-order chi connectivity index (χ1) is 14.5. The number of imide groups is 1. The van der Waals surface area contributed by atoms with Gasteiger partial charge in [0.2, 0.25) is 5.91 Å². The smallest absolute Gasteiger partial charge is 0.266 e. The van der Waals surface area contributed by atoms with Crippen LogP contribution >= 0.6 is 11.6 Å². The average molecular weight is 423 g/mol. The summed E-state index contributed by atoms with van der Waals surface area (Å²) in [5.74, 6) is -2.07. The number of carbonyl (C=O) groups is 2. The predicted octanol–water partition coefficient (Wildman–Crippen LogP) is 4.53. The first-order valence-electron chi connectivity index (χ1n) is 9.44. The van der Waals surface area contributed by atoms with Crippen molar-refractivity contribution >= 4 is 34.8 Å². The Kier molecular flexibility index (Phi) is 4.53. The van der Waals surface area contributed by atoms with Gasteiger partial charge in [-0.05, 0) is 54.1 Å². The summed E-state index contributed by atoms with van der Waals surface area (Å²) >= 11 is 6.21. The zero-order chi connectivity index (χ0) is 20.8. The van der Waals surface area contributed by atoms with Crippen LogP contribution in [-0.2, 0) is 14.4 Å². The highest BCUT2D eigenvalue weighted by molar-refractivity contribution is 6.30. The molecule has 0 spiro atoms. The Hall–Kier alpha value is -3.22. The van der Waals surface area contributed by atoms with Gasteiger partial charge < -0.3 is 0 Å². The van der Waals surface area contributed by atoms with Gasteiger partial charge in [-0.15, -0.1) is 0 Å². The number of rotatable bonds is 3. The number of amides is 2. The van der Waals surface area contributed by atoms with E-state index in [0.717, 1.165) is 16.2 Å². The fourth-order valence-corrected chi connectivity index (χ4v) is 4.29. The molecule has 2 aliphatic heterocycles. The zero-order valence-corrected chi connectivity index (χ0v) is 16.4. The van der Waals surface area contributed by atoms with E-state index >= 15 is 0 Å². The maximum atomic E-state index is 13.4. The second-order valence-electron chi connectivity index (χ2n) is 7.20. The van der Waals surface area contributed by atoms with E-state index in [2.05, 4.69) is 0 Å². The summed E-state index contributed by atoms with van der Waals surface area (Å²) in [6.07, 6.45) is -0.980. The van der Waals surface area contributed by atoms with Crippen molar-refractivity contribution in [2.24, 2.45) is 5.92 Å². The summed E-state index contributed by atoms with van der Waals surface area (Å²) in [6.45, 7) is 0. The number of fused-ring (bicyclic) bond motifs is 1. The molecule has 3 aromatic carbocycles. The van der Waals surface area contributed by atoms with Crippen LogP contribution in [0.5, 0.6) is 0 Å². The van der Waals surface area contributed by atoms with E-state index < -0.39 is 29.8 Å². The Morgan fingerprint density at radius 1 is 0.833 bits per heavy atom. The van der Waals surface area contributed by atoms with Gasteiger partial charge >= 0.3 is 0 Å². The maximum absolute atomic E-state index is 13.4. The molecule has 2 fully saturated rings. The molecule has 0 radical (unpaired) electrons. The van der Waals surface area contributed by atoms with Crippen molar-refractivity contribution in [3.63, 3.8) is 0 Å². The van der Waals surface area contributed by atoms with Crippen molar-refractivity contribution in [2.75, 3.05) is 9.96 Å². The number of anilines is 2. The van der Waals surface area contributed by atoms with Gasteiger partial charge in [-0.1, -0.05) is 41.9 Å². The van der Waals surface area contributed by atoms with Gasteiger partial charge in [-0.2, -0.15) is 0 Å². The van der Waals surface area contributed by atoms with E-state index in [-0.39, 0.29) is 5.91 Å². The topological polar surface area (TPSA) is 49.9 Å². The van der Waals surface area contributed by atoms with Crippen molar-refractivity contribution < 1.29 is 18.8 Å². The summed E-state index contributed by atoms with van der Waals surface area (Å²) in [5, 5.41) is 2.13. The van der Waals surface area contributed by atoms with E-state index in [1.165, 1.54) is 24.3 Å². The lowest BCUT2D eigenvalue weighted by Crippen LogP contribution is -2.37. The molecule has 2 saturated heterocycles. The van der Waals surface area contributed by atoms with Crippen LogP contribution in [-0.4, -0.2) is 17.9 Å². The van der Waals surface area contributed by atoms with Gasteiger partial charge in [-0.25, -0.2) is 14.4 Å². The first kappa shape index (κ1) is 18.8. The van der Waals surface area contributed by atoms with Gasteiger partial charge in [0, 0.05) is 5.02 Å². The van der Waals surface area contributed by atoms with Crippen LogP contribution in [0.3, 0.4) is 0 Å². The molecule has 0 aromatic heterocycles. The molecule has 7 heteroatoms. The third-order valence-electron chi connectivity index (χ3n) is 5.40. The van der Waals surface area contributed by atoms with Crippen LogP contribution in [0.4, 0.5) is 15.8 Å². The van der Waals surface area contributed by atoms with E-state index in [1.807, 2.05) is 36.4 Å². The van der Waals surface area contributed by atoms with Crippen LogP contribution < -0.4 is 9.96 Å². The van der Waals surface area contributed by atoms with Crippen molar-refractivity contribution in [1.82, 2.24) is 0 Å². The Morgan fingerprint density at radius 3 is 2.27 bits per heavy atom. The number of para-hydroxylation sites is 1. The van der Waals surface area contributed by atoms with Crippen molar-refractivity contribution in [3.05, 3.63) is 95.3 Å². The van der Waals surface area contributed by atoms with E-state index in [1.54, 1.807) is 23.3 Å². The molecule has 2 heterocycles. The summed E-state index contributed by atoms with van der Waals surface area (Å²) in [7, 11) is 0. The molecule has 150 valence electrons.